The SMILES string of the molecule is CCC(=O)Nc1ccc(-n2nc(C(F)(F)F)cc2-c2ccc(C)cc2)cc1. The number of carbonyl (C=O) groups excluding carboxylic acids is 1. The summed E-state index contributed by atoms with van der Waals surface area (Å²) in [6.45, 7) is 3.64. The molecule has 0 saturated heterocycles. The molecule has 0 radical (unpaired) electrons. The van der Waals surface area contributed by atoms with Crippen LogP contribution >= 0.6 is 0 Å². The fourth-order valence-corrected chi connectivity index (χ4v) is 2.58. The molecule has 0 fully saturated rings. The summed E-state index contributed by atoms with van der Waals surface area (Å²) in [5, 5.41) is 6.47. The van der Waals surface area contributed by atoms with E-state index in [1.807, 2.05) is 19.1 Å². The summed E-state index contributed by atoms with van der Waals surface area (Å²) >= 11 is 0. The topological polar surface area (TPSA) is 46.9 Å². The summed E-state index contributed by atoms with van der Waals surface area (Å²) in [6.07, 6.45) is -4.20. The van der Waals surface area contributed by atoms with Gasteiger partial charge in [0.15, 0.2) is 5.69 Å². The predicted octanol–water partition coefficient (Wildman–Crippen LogP) is 5.22. The quantitative estimate of drug-likeness (QED) is 0.682. The Morgan fingerprint density at radius 1 is 1.07 bits per heavy atom. The molecule has 2 aromatic carbocycles. The molecule has 0 atom stereocenters. The second kappa shape index (κ2) is 7.26. The number of hydrogen-bond donors (Lipinski definition) is 1. The Labute approximate surface area is 154 Å². The first-order chi connectivity index (χ1) is 12.8. The molecule has 1 N–H and O–H groups in total. The summed E-state index contributed by atoms with van der Waals surface area (Å²) in [4.78, 5) is 11.5. The van der Waals surface area contributed by atoms with E-state index in [9.17, 15) is 18.0 Å². The lowest BCUT2D eigenvalue weighted by Crippen LogP contribution is -2.10. The van der Waals surface area contributed by atoms with Crippen LogP contribution in [0.1, 0.15) is 24.6 Å². The van der Waals surface area contributed by atoms with Crippen LogP contribution in [0.5, 0.6) is 0 Å². The van der Waals surface area contributed by atoms with Gasteiger partial charge in [-0.2, -0.15) is 18.3 Å². The zero-order valence-electron chi connectivity index (χ0n) is 14.8. The van der Waals surface area contributed by atoms with Gasteiger partial charge in [-0.3, -0.25) is 4.79 Å². The zero-order chi connectivity index (χ0) is 19.6. The first-order valence-electron chi connectivity index (χ1n) is 8.42. The van der Waals surface area contributed by atoms with E-state index in [2.05, 4.69) is 10.4 Å². The molecule has 7 heteroatoms. The highest BCUT2D eigenvalue weighted by Crippen LogP contribution is 2.33. The van der Waals surface area contributed by atoms with Gasteiger partial charge >= 0.3 is 6.18 Å². The number of aromatic nitrogens is 2. The summed E-state index contributed by atoms with van der Waals surface area (Å²) in [5.74, 6) is -0.137. The van der Waals surface area contributed by atoms with Crippen molar-refractivity contribution in [2.45, 2.75) is 26.4 Å². The minimum Gasteiger partial charge on any atom is -0.326 e. The van der Waals surface area contributed by atoms with Gasteiger partial charge in [-0.05, 0) is 37.3 Å². The van der Waals surface area contributed by atoms with E-state index in [0.717, 1.165) is 11.6 Å². The van der Waals surface area contributed by atoms with Crippen molar-refractivity contribution in [3.8, 4) is 16.9 Å². The highest BCUT2D eigenvalue weighted by atomic mass is 19.4. The van der Waals surface area contributed by atoms with Gasteiger partial charge in [0, 0.05) is 17.7 Å². The van der Waals surface area contributed by atoms with Crippen LogP contribution in [0.4, 0.5) is 18.9 Å². The van der Waals surface area contributed by atoms with Gasteiger partial charge in [0.05, 0.1) is 11.4 Å². The van der Waals surface area contributed by atoms with Crippen molar-refractivity contribution in [3.05, 3.63) is 65.9 Å². The van der Waals surface area contributed by atoms with Crippen molar-refractivity contribution in [2.24, 2.45) is 0 Å². The molecule has 4 nitrogen and oxygen atoms in total. The molecule has 0 saturated carbocycles. The van der Waals surface area contributed by atoms with Crippen LogP contribution < -0.4 is 5.32 Å². The molecule has 0 bridgehead atoms. The van der Waals surface area contributed by atoms with Crippen molar-refractivity contribution in [1.82, 2.24) is 9.78 Å². The van der Waals surface area contributed by atoms with Gasteiger partial charge in [0.1, 0.15) is 0 Å². The Balaban J connectivity index is 2.04. The number of amides is 1. The van der Waals surface area contributed by atoms with Gasteiger partial charge in [0.2, 0.25) is 5.91 Å². The largest absolute Gasteiger partial charge is 0.435 e. The number of nitrogens with one attached hydrogen (secondary N) is 1. The van der Waals surface area contributed by atoms with Gasteiger partial charge in [-0.15, -0.1) is 0 Å². The summed E-state index contributed by atoms with van der Waals surface area (Å²) < 4.78 is 40.9. The standard InChI is InChI=1S/C20H18F3N3O/c1-3-19(27)24-15-8-10-16(11-9-15)26-17(12-18(25-26)20(21,22)23)14-6-4-13(2)5-7-14/h4-12H,3H2,1-2H3,(H,24,27). The fraction of sp³-hybridized carbons (Fsp3) is 0.200. The van der Waals surface area contributed by atoms with Crippen molar-refractivity contribution >= 4 is 11.6 Å². The molecule has 0 aliphatic rings. The van der Waals surface area contributed by atoms with Crippen LogP contribution in [0.2, 0.25) is 0 Å². The number of benzene rings is 2. The third-order valence-corrected chi connectivity index (χ3v) is 4.06. The van der Waals surface area contributed by atoms with Gasteiger partial charge in [0.25, 0.3) is 0 Å². The number of anilines is 1. The predicted molar refractivity (Wildman–Crippen MR) is 97.7 cm³/mol. The minimum atomic E-state index is -4.54. The lowest BCUT2D eigenvalue weighted by atomic mass is 10.1. The van der Waals surface area contributed by atoms with E-state index >= 15 is 0 Å². The van der Waals surface area contributed by atoms with Crippen LogP contribution in [0.15, 0.2) is 54.6 Å². The number of nitrogens with zero attached hydrogens (tertiary/aromatic N) is 2. The second-order valence-electron chi connectivity index (χ2n) is 6.14. The Morgan fingerprint density at radius 2 is 1.70 bits per heavy atom. The molecule has 0 spiro atoms. The second-order valence-corrected chi connectivity index (χ2v) is 6.14. The van der Waals surface area contributed by atoms with Crippen molar-refractivity contribution in [3.63, 3.8) is 0 Å². The number of hydrogen-bond acceptors (Lipinski definition) is 2. The molecule has 0 aliphatic heterocycles. The van der Waals surface area contributed by atoms with Gasteiger partial charge in [-0.25, -0.2) is 4.68 Å². The normalized spacial score (nSPS) is 11.4. The fourth-order valence-electron chi connectivity index (χ4n) is 2.58. The molecule has 0 unspecified atom stereocenters. The van der Waals surface area contributed by atoms with Crippen molar-refractivity contribution in [1.29, 1.82) is 0 Å². The molecular weight excluding hydrogens is 355 g/mol. The van der Waals surface area contributed by atoms with Crippen molar-refractivity contribution < 1.29 is 18.0 Å². The number of aryl methyl sites for hydroxylation is 1. The molecule has 3 aromatic rings. The zero-order valence-corrected chi connectivity index (χ0v) is 14.8. The van der Waals surface area contributed by atoms with E-state index in [1.165, 1.54) is 4.68 Å². The Bertz CT molecular complexity index is 942. The van der Waals surface area contributed by atoms with Crippen LogP contribution in [-0.4, -0.2) is 15.7 Å². The molecule has 1 amide bonds. The summed E-state index contributed by atoms with van der Waals surface area (Å²) in [7, 11) is 0. The lowest BCUT2D eigenvalue weighted by Gasteiger charge is -2.09. The maximum atomic E-state index is 13.2. The highest BCUT2D eigenvalue weighted by Gasteiger charge is 2.35. The van der Waals surface area contributed by atoms with E-state index in [4.69, 9.17) is 0 Å². The Kier molecular flexibility index (Phi) is 5.03. The number of alkyl halides is 3. The Hall–Kier alpha value is -3.09. The number of rotatable bonds is 4. The first-order valence-corrected chi connectivity index (χ1v) is 8.42. The maximum Gasteiger partial charge on any atom is 0.435 e. The van der Waals surface area contributed by atoms with E-state index in [0.29, 0.717) is 29.1 Å². The highest BCUT2D eigenvalue weighted by molar-refractivity contribution is 5.90. The average Bonchev–Trinajstić information content (AvgIpc) is 3.08. The number of carbonyl (C=O) groups is 1. The van der Waals surface area contributed by atoms with Crippen LogP contribution in [0.25, 0.3) is 16.9 Å². The van der Waals surface area contributed by atoms with E-state index < -0.39 is 11.9 Å². The first kappa shape index (κ1) is 18.7. The maximum absolute atomic E-state index is 13.2. The smallest absolute Gasteiger partial charge is 0.326 e. The molecule has 1 aromatic heterocycles. The molecule has 0 aliphatic carbocycles. The third-order valence-electron chi connectivity index (χ3n) is 4.06. The summed E-state index contributed by atoms with van der Waals surface area (Å²) in [6, 6.07) is 14.8. The molecule has 1 heterocycles. The Morgan fingerprint density at radius 3 is 2.26 bits per heavy atom. The molecule has 140 valence electrons. The average molecular weight is 373 g/mol. The monoisotopic (exact) mass is 373 g/mol. The lowest BCUT2D eigenvalue weighted by molar-refractivity contribution is -0.141. The molecule has 27 heavy (non-hydrogen) atoms. The van der Waals surface area contributed by atoms with Crippen LogP contribution in [0.3, 0.4) is 0 Å². The van der Waals surface area contributed by atoms with E-state index in [-0.39, 0.29) is 5.91 Å². The molecular formula is C20H18F3N3O. The molecule has 3 rings (SSSR count). The third kappa shape index (κ3) is 4.19. The van der Waals surface area contributed by atoms with Crippen molar-refractivity contribution in [2.75, 3.05) is 5.32 Å². The summed E-state index contributed by atoms with van der Waals surface area (Å²) in [5.41, 5.74) is 2.07. The van der Waals surface area contributed by atoms with Crippen LogP contribution in [0, 0.1) is 6.92 Å². The van der Waals surface area contributed by atoms with E-state index in [1.54, 1.807) is 43.3 Å². The van der Waals surface area contributed by atoms with Gasteiger partial charge in [-0.1, -0.05) is 36.8 Å². The van der Waals surface area contributed by atoms with Gasteiger partial charge < -0.3 is 5.32 Å². The number of halogens is 3. The minimum absolute atomic E-state index is 0.137. The van der Waals surface area contributed by atoms with Crippen LogP contribution in [-0.2, 0) is 11.0 Å².